The number of pyridine rings is 2. The topological polar surface area (TPSA) is 92.9 Å². The summed E-state index contributed by atoms with van der Waals surface area (Å²) < 4.78 is 2.27. The summed E-state index contributed by atoms with van der Waals surface area (Å²) in [4.78, 5) is 26.2. The van der Waals surface area contributed by atoms with Crippen molar-refractivity contribution in [3.63, 3.8) is 0 Å². The Balaban J connectivity index is 1.67. The molecular formula is C28H37N5O2. The molecule has 3 aromatic rings. The molecule has 3 heterocycles. The highest BCUT2D eigenvalue weighted by Gasteiger charge is 2.28. The summed E-state index contributed by atoms with van der Waals surface area (Å²) in [6.07, 6.45) is 11.8. The van der Waals surface area contributed by atoms with E-state index in [1.165, 1.54) is 56.9 Å². The Kier molecular flexibility index (Phi) is 6.76. The Morgan fingerprint density at radius 2 is 1.86 bits per heavy atom. The third-order valence-corrected chi connectivity index (χ3v) is 8.01. The van der Waals surface area contributed by atoms with Crippen LogP contribution in [0.3, 0.4) is 0 Å². The van der Waals surface area contributed by atoms with E-state index < -0.39 is 5.97 Å². The van der Waals surface area contributed by atoms with Crippen molar-refractivity contribution >= 4 is 22.8 Å². The molecule has 0 bridgehead atoms. The van der Waals surface area contributed by atoms with E-state index in [1.54, 1.807) is 6.07 Å². The smallest absolute Gasteiger partial charge is 0.354 e. The van der Waals surface area contributed by atoms with Crippen molar-refractivity contribution in [1.82, 2.24) is 19.5 Å². The van der Waals surface area contributed by atoms with E-state index in [4.69, 9.17) is 9.97 Å². The van der Waals surface area contributed by atoms with Crippen LogP contribution in [0.1, 0.15) is 94.1 Å². The standard InChI is InChI=1S/C28H37N5O2/c1-17(2)21-12-13-29-23(14-21)27-32-22-15-24(28(34)35)31-26(30-18(3)20-10-7-11-20)25(22)33(27)16-19-8-5-4-6-9-19/h12-15,17-20H,4-11,16H2,1-3H3,(H,30,31)(H,34,35)/t18-/m1/s1. The molecule has 0 unspecified atom stereocenters. The summed E-state index contributed by atoms with van der Waals surface area (Å²) in [5, 5.41) is 13.4. The highest BCUT2D eigenvalue weighted by Crippen LogP contribution is 2.36. The van der Waals surface area contributed by atoms with Gasteiger partial charge < -0.3 is 15.0 Å². The van der Waals surface area contributed by atoms with Crippen molar-refractivity contribution in [2.45, 2.75) is 90.6 Å². The quantitative estimate of drug-likeness (QED) is 0.386. The number of fused-ring (bicyclic) bond motifs is 1. The summed E-state index contributed by atoms with van der Waals surface area (Å²) in [6, 6.07) is 6.02. The van der Waals surface area contributed by atoms with Crippen molar-refractivity contribution in [2.75, 3.05) is 5.32 Å². The molecule has 35 heavy (non-hydrogen) atoms. The van der Waals surface area contributed by atoms with Gasteiger partial charge >= 0.3 is 5.97 Å². The minimum atomic E-state index is -1.03. The number of carbonyl (C=O) groups is 1. The second kappa shape index (κ2) is 9.96. The Morgan fingerprint density at radius 1 is 1.09 bits per heavy atom. The number of anilines is 1. The second-order valence-corrected chi connectivity index (χ2v) is 10.8. The van der Waals surface area contributed by atoms with Gasteiger partial charge in [0.25, 0.3) is 0 Å². The number of nitrogens with one attached hydrogen (secondary N) is 1. The molecule has 0 aliphatic heterocycles. The van der Waals surface area contributed by atoms with Gasteiger partial charge in [0.05, 0.1) is 5.52 Å². The predicted octanol–water partition coefficient (Wildman–Crippen LogP) is 6.50. The summed E-state index contributed by atoms with van der Waals surface area (Å²) >= 11 is 0. The maximum Gasteiger partial charge on any atom is 0.354 e. The van der Waals surface area contributed by atoms with Crippen molar-refractivity contribution in [3.05, 3.63) is 35.7 Å². The normalized spacial score (nSPS) is 18.1. The van der Waals surface area contributed by atoms with E-state index in [1.807, 2.05) is 6.20 Å². The zero-order valence-corrected chi connectivity index (χ0v) is 21.1. The van der Waals surface area contributed by atoms with Gasteiger partial charge in [0.2, 0.25) is 0 Å². The summed E-state index contributed by atoms with van der Waals surface area (Å²) in [6.45, 7) is 7.38. The molecule has 7 nitrogen and oxygen atoms in total. The van der Waals surface area contributed by atoms with Gasteiger partial charge in [-0.1, -0.05) is 39.5 Å². The van der Waals surface area contributed by atoms with Crippen LogP contribution in [0.4, 0.5) is 5.82 Å². The van der Waals surface area contributed by atoms with Crippen molar-refractivity contribution < 1.29 is 9.90 Å². The maximum absolute atomic E-state index is 11.9. The van der Waals surface area contributed by atoms with Gasteiger partial charge in [-0.2, -0.15) is 0 Å². The Hall–Kier alpha value is -2.96. The maximum atomic E-state index is 11.9. The van der Waals surface area contributed by atoms with Crippen LogP contribution in [-0.2, 0) is 6.54 Å². The summed E-state index contributed by atoms with van der Waals surface area (Å²) in [7, 11) is 0. The van der Waals surface area contributed by atoms with E-state index in [0.29, 0.717) is 29.1 Å². The first-order valence-electron chi connectivity index (χ1n) is 13.3. The molecule has 0 radical (unpaired) electrons. The molecule has 2 N–H and O–H groups in total. The molecule has 186 valence electrons. The molecule has 2 fully saturated rings. The molecule has 7 heteroatoms. The van der Waals surface area contributed by atoms with Gasteiger partial charge in [-0.15, -0.1) is 0 Å². The fraction of sp³-hybridized carbons (Fsp3) is 0.571. The number of nitrogens with zero attached hydrogens (tertiary/aromatic N) is 4. The monoisotopic (exact) mass is 475 g/mol. The van der Waals surface area contributed by atoms with Gasteiger partial charge in [-0.3, -0.25) is 4.98 Å². The van der Waals surface area contributed by atoms with E-state index in [0.717, 1.165) is 23.6 Å². The lowest BCUT2D eigenvalue weighted by molar-refractivity contribution is 0.0691. The number of hydrogen-bond acceptors (Lipinski definition) is 5. The third-order valence-electron chi connectivity index (χ3n) is 8.01. The Morgan fingerprint density at radius 3 is 2.51 bits per heavy atom. The van der Waals surface area contributed by atoms with Gasteiger partial charge in [-0.05, 0) is 74.1 Å². The molecule has 3 aromatic heterocycles. The SMILES string of the molecule is CC(C)c1ccnc(-c2nc3cc(C(=O)O)nc(N[C@H](C)C4CCC4)c3n2CC2CCCCC2)c1. The molecule has 0 amide bonds. The fourth-order valence-electron chi connectivity index (χ4n) is 5.57. The number of hydrogen-bond donors (Lipinski definition) is 2. The predicted molar refractivity (Wildman–Crippen MR) is 139 cm³/mol. The third kappa shape index (κ3) is 4.91. The molecule has 2 aliphatic rings. The van der Waals surface area contributed by atoms with Crippen LogP contribution in [0.5, 0.6) is 0 Å². The van der Waals surface area contributed by atoms with Crippen LogP contribution >= 0.6 is 0 Å². The lowest BCUT2D eigenvalue weighted by Crippen LogP contribution is -2.31. The Labute approximate surface area is 207 Å². The highest BCUT2D eigenvalue weighted by molar-refractivity contribution is 5.96. The number of carboxylic acid groups (broad SMARTS) is 1. The highest BCUT2D eigenvalue weighted by atomic mass is 16.4. The van der Waals surface area contributed by atoms with Gasteiger partial charge in [-0.25, -0.2) is 14.8 Å². The van der Waals surface area contributed by atoms with E-state index in [2.05, 4.69) is 47.8 Å². The first-order valence-corrected chi connectivity index (χ1v) is 13.3. The largest absolute Gasteiger partial charge is 0.477 e. The van der Waals surface area contributed by atoms with Crippen molar-refractivity contribution in [1.29, 1.82) is 0 Å². The minimum absolute atomic E-state index is 0.0265. The van der Waals surface area contributed by atoms with E-state index >= 15 is 0 Å². The van der Waals surface area contributed by atoms with Crippen LogP contribution in [-0.4, -0.2) is 36.6 Å². The lowest BCUT2D eigenvalue weighted by Gasteiger charge is -2.32. The molecule has 1 atom stereocenters. The molecule has 2 aliphatic carbocycles. The summed E-state index contributed by atoms with van der Waals surface area (Å²) in [5.74, 6) is 1.96. The van der Waals surface area contributed by atoms with Crippen molar-refractivity contribution in [2.24, 2.45) is 11.8 Å². The van der Waals surface area contributed by atoms with Gasteiger partial charge in [0, 0.05) is 18.8 Å². The van der Waals surface area contributed by atoms with Crippen LogP contribution < -0.4 is 5.32 Å². The molecule has 0 aromatic carbocycles. The number of rotatable bonds is 8. The van der Waals surface area contributed by atoms with Gasteiger partial charge in [0.15, 0.2) is 17.3 Å². The lowest BCUT2D eigenvalue weighted by atomic mass is 9.80. The number of aromatic carboxylic acids is 1. The average Bonchev–Trinajstić information content (AvgIpc) is 3.17. The zero-order valence-electron chi connectivity index (χ0n) is 21.1. The average molecular weight is 476 g/mol. The van der Waals surface area contributed by atoms with E-state index in [9.17, 15) is 9.90 Å². The molecule has 0 saturated heterocycles. The number of aromatic nitrogens is 4. The molecule has 5 rings (SSSR count). The fourth-order valence-corrected chi connectivity index (χ4v) is 5.57. The van der Waals surface area contributed by atoms with Crippen molar-refractivity contribution in [3.8, 4) is 11.5 Å². The molecule has 2 saturated carbocycles. The Bertz CT molecular complexity index is 1210. The first-order chi connectivity index (χ1) is 16.9. The van der Waals surface area contributed by atoms with E-state index in [-0.39, 0.29) is 11.7 Å². The van der Waals surface area contributed by atoms with Crippen LogP contribution in [0.15, 0.2) is 24.4 Å². The number of carboxylic acids is 1. The summed E-state index contributed by atoms with van der Waals surface area (Å²) in [5.41, 5.74) is 3.64. The van der Waals surface area contributed by atoms with Crippen LogP contribution in [0, 0.1) is 11.8 Å². The zero-order chi connectivity index (χ0) is 24.5. The number of imidazole rings is 1. The van der Waals surface area contributed by atoms with Gasteiger partial charge in [0.1, 0.15) is 11.2 Å². The molecular weight excluding hydrogens is 438 g/mol. The second-order valence-electron chi connectivity index (χ2n) is 10.8. The van der Waals surface area contributed by atoms with Crippen LogP contribution in [0.2, 0.25) is 0 Å². The van der Waals surface area contributed by atoms with Crippen LogP contribution in [0.25, 0.3) is 22.6 Å². The minimum Gasteiger partial charge on any atom is -0.477 e. The first kappa shape index (κ1) is 23.8. The molecule has 0 spiro atoms.